The number of rotatable bonds is 8. The van der Waals surface area contributed by atoms with Gasteiger partial charge >= 0.3 is 0 Å². The third kappa shape index (κ3) is 6.39. The fraction of sp³-hybridized carbons (Fsp3) is 0.250. The SMILES string of the molecule is CCC(CC)C(=O)/C=C(\O)C(CC)CC.[Ir].[c-]1ccc2c3ccccc3cc-2c2sc3c(-c4cc5ccccc5o4)ccnc3c12. The molecular weight excluding hydrogens is 767 g/mol. The zero-order valence-electron chi connectivity index (χ0n) is 26.6. The van der Waals surface area contributed by atoms with Crippen LogP contribution in [0, 0.1) is 17.9 Å². The third-order valence-corrected chi connectivity index (χ3v) is 10.2. The molecule has 0 saturated carbocycles. The molecule has 2 aliphatic rings. The number of carbonyl (C=O) groups excluding carboxylic acids is 1. The number of thiophene rings is 1. The normalized spacial score (nSPS) is 11.9. The Morgan fingerprint density at radius 2 is 1.54 bits per heavy atom. The molecule has 6 heteroatoms. The zero-order valence-corrected chi connectivity index (χ0v) is 29.8. The van der Waals surface area contributed by atoms with Gasteiger partial charge in [0.2, 0.25) is 0 Å². The minimum atomic E-state index is 0. The van der Waals surface area contributed by atoms with E-state index in [1.54, 1.807) is 11.3 Å². The molecule has 4 nitrogen and oxygen atoms in total. The quantitative estimate of drug-likeness (QED) is 0.0944. The molecule has 0 unspecified atom stereocenters. The molecule has 7 rings (SSSR count). The van der Waals surface area contributed by atoms with Gasteiger partial charge < -0.3 is 14.5 Å². The first-order valence-electron chi connectivity index (χ1n) is 15.9. The molecule has 0 fully saturated rings. The standard InChI is InChI=1S/C27H14NOS.C13H24O2.Ir/c1-3-8-18-16(6-1)14-22-19(18)9-5-10-21-25-27(30-26(21)22)20(12-13-28-25)24-15-17-7-2-4-11-23(17)29-24;1-5-10(6-2)12(14)9-13(15)11(7-3)8-4;/h1-9,11-15H;9-11,14H,5-8H2,1-4H3;/q-1;;/b;12-9-;. The first-order valence-corrected chi connectivity index (χ1v) is 16.8. The van der Waals surface area contributed by atoms with Crippen LogP contribution in [0.3, 0.4) is 0 Å². The minimum Gasteiger partial charge on any atom is -0.512 e. The second kappa shape index (κ2) is 14.7. The summed E-state index contributed by atoms with van der Waals surface area (Å²) in [7, 11) is 0. The number of benzene rings is 2. The van der Waals surface area contributed by atoms with E-state index in [4.69, 9.17) is 9.40 Å². The fourth-order valence-corrected chi connectivity index (χ4v) is 7.49. The van der Waals surface area contributed by atoms with E-state index >= 15 is 0 Å². The van der Waals surface area contributed by atoms with Crippen molar-refractivity contribution in [1.29, 1.82) is 0 Å². The van der Waals surface area contributed by atoms with Gasteiger partial charge in [0.15, 0.2) is 5.78 Å². The number of furan rings is 1. The molecule has 1 N–H and O–H groups in total. The maximum atomic E-state index is 11.7. The Hall–Kier alpha value is -3.83. The average molecular weight is 805 g/mol. The number of carbonyl (C=O) groups is 1. The van der Waals surface area contributed by atoms with Crippen LogP contribution >= 0.6 is 11.3 Å². The van der Waals surface area contributed by atoms with Crippen LogP contribution in [-0.4, -0.2) is 15.9 Å². The third-order valence-electron chi connectivity index (χ3n) is 8.91. The number of nitrogens with zero attached hydrogens (tertiary/aromatic N) is 1. The van der Waals surface area contributed by atoms with Gasteiger partial charge in [-0.1, -0.05) is 87.4 Å². The first-order chi connectivity index (χ1) is 22.0. The van der Waals surface area contributed by atoms with Crippen molar-refractivity contribution in [2.75, 3.05) is 0 Å². The van der Waals surface area contributed by atoms with Crippen LogP contribution in [0.4, 0.5) is 0 Å². The summed E-state index contributed by atoms with van der Waals surface area (Å²) in [4.78, 5) is 16.5. The van der Waals surface area contributed by atoms with Crippen LogP contribution in [0.2, 0.25) is 0 Å². The van der Waals surface area contributed by atoms with Gasteiger partial charge in [-0.15, -0.1) is 23.6 Å². The Bertz CT molecular complexity index is 2080. The predicted molar refractivity (Wildman–Crippen MR) is 189 cm³/mol. The molecule has 237 valence electrons. The largest absolute Gasteiger partial charge is 0.512 e. The minimum absolute atomic E-state index is 0. The summed E-state index contributed by atoms with van der Waals surface area (Å²) in [6.45, 7) is 8.07. The maximum Gasteiger partial charge on any atom is 0.162 e. The molecule has 0 bridgehead atoms. The number of pyridine rings is 1. The van der Waals surface area contributed by atoms with Gasteiger partial charge in [0, 0.05) is 65.4 Å². The zero-order chi connectivity index (χ0) is 31.5. The average Bonchev–Trinajstić information content (AvgIpc) is 3.73. The van der Waals surface area contributed by atoms with Gasteiger partial charge in [-0.25, -0.2) is 0 Å². The number of aliphatic hydroxyl groups is 1. The van der Waals surface area contributed by atoms with Crippen LogP contribution in [-0.2, 0) is 24.9 Å². The molecule has 3 heterocycles. The van der Waals surface area contributed by atoms with E-state index in [9.17, 15) is 9.90 Å². The predicted octanol–water partition coefficient (Wildman–Crippen LogP) is 11.8. The van der Waals surface area contributed by atoms with Gasteiger partial charge in [0.25, 0.3) is 0 Å². The monoisotopic (exact) mass is 805 g/mol. The summed E-state index contributed by atoms with van der Waals surface area (Å²) in [6.07, 6.45) is 6.78. The summed E-state index contributed by atoms with van der Waals surface area (Å²) in [5.74, 6) is 1.43. The van der Waals surface area contributed by atoms with Gasteiger partial charge in [-0.3, -0.25) is 4.79 Å². The van der Waals surface area contributed by atoms with Crippen molar-refractivity contribution in [3.8, 4) is 22.5 Å². The molecule has 5 aromatic rings. The summed E-state index contributed by atoms with van der Waals surface area (Å²) in [5, 5.41) is 14.5. The smallest absolute Gasteiger partial charge is 0.162 e. The molecular formula is C40H38IrNO3S-. The number of allylic oxidation sites excluding steroid dienone is 2. The Labute approximate surface area is 287 Å². The molecule has 2 aliphatic carbocycles. The number of hydrogen-bond donors (Lipinski definition) is 1. The van der Waals surface area contributed by atoms with E-state index in [0.717, 1.165) is 63.6 Å². The van der Waals surface area contributed by atoms with Crippen molar-refractivity contribution in [1.82, 2.24) is 4.98 Å². The van der Waals surface area contributed by atoms with Gasteiger partial charge in [0.05, 0.1) is 5.76 Å². The molecule has 0 atom stereocenters. The molecule has 2 aromatic carbocycles. The van der Waals surface area contributed by atoms with Crippen molar-refractivity contribution in [2.24, 2.45) is 11.8 Å². The second-order valence-electron chi connectivity index (χ2n) is 11.5. The summed E-state index contributed by atoms with van der Waals surface area (Å²) >= 11 is 1.78. The summed E-state index contributed by atoms with van der Waals surface area (Å²) < 4.78 is 8.54. The first kappa shape index (κ1) is 33.5. The van der Waals surface area contributed by atoms with Crippen molar-refractivity contribution < 1.29 is 34.4 Å². The van der Waals surface area contributed by atoms with Crippen LogP contribution in [0.5, 0.6) is 0 Å². The topological polar surface area (TPSA) is 63.3 Å². The maximum absolute atomic E-state index is 11.7. The fourth-order valence-electron chi connectivity index (χ4n) is 6.22. The number of para-hydroxylation sites is 1. The van der Waals surface area contributed by atoms with Gasteiger partial charge in [0.1, 0.15) is 11.3 Å². The Morgan fingerprint density at radius 1 is 0.848 bits per heavy atom. The van der Waals surface area contributed by atoms with Crippen molar-refractivity contribution in [2.45, 2.75) is 53.4 Å². The Balaban J connectivity index is 0.000000225. The van der Waals surface area contributed by atoms with Crippen LogP contribution < -0.4 is 0 Å². The Morgan fingerprint density at radius 3 is 2.26 bits per heavy atom. The molecule has 1 radical (unpaired) electrons. The second-order valence-corrected chi connectivity index (χ2v) is 12.5. The van der Waals surface area contributed by atoms with E-state index in [0.29, 0.717) is 0 Å². The van der Waals surface area contributed by atoms with Crippen LogP contribution in [0.25, 0.3) is 64.5 Å². The number of fused-ring (bicyclic) bond motifs is 8. The molecule has 0 aliphatic heterocycles. The van der Waals surface area contributed by atoms with Gasteiger partial charge in [-0.2, -0.15) is 11.3 Å². The van der Waals surface area contributed by atoms with Crippen LogP contribution in [0.15, 0.2) is 101 Å². The molecule has 46 heavy (non-hydrogen) atoms. The number of ketones is 1. The van der Waals surface area contributed by atoms with E-state index < -0.39 is 0 Å². The van der Waals surface area contributed by atoms with E-state index in [2.05, 4.69) is 54.6 Å². The molecule has 3 aromatic heterocycles. The van der Waals surface area contributed by atoms with Gasteiger partial charge in [-0.05, 0) is 59.4 Å². The van der Waals surface area contributed by atoms with E-state index in [1.165, 1.54) is 32.7 Å². The summed E-state index contributed by atoms with van der Waals surface area (Å²) in [6, 6.07) is 30.8. The van der Waals surface area contributed by atoms with Crippen molar-refractivity contribution in [3.05, 3.63) is 103 Å². The van der Waals surface area contributed by atoms with E-state index in [-0.39, 0.29) is 43.5 Å². The molecule has 0 saturated heterocycles. The molecule has 0 amide bonds. The Kier molecular flexibility index (Phi) is 10.7. The van der Waals surface area contributed by atoms with Crippen molar-refractivity contribution in [3.63, 3.8) is 0 Å². The number of aliphatic hydroxyl groups excluding tert-OH is 1. The van der Waals surface area contributed by atoms with Crippen LogP contribution in [0.1, 0.15) is 53.4 Å². The number of hydrogen-bond acceptors (Lipinski definition) is 5. The molecule has 0 spiro atoms. The van der Waals surface area contributed by atoms with Crippen molar-refractivity contribution >= 4 is 59.2 Å². The van der Waals surface area contributed by atoms with E-state index in [1.807, 2.05) is 64.2 Å². The summed E-state index contributed by atoms with van der Waals surface area (Å²) in [5.41, 5.74) is 5.48. The number of aromatic nitrogens is 1.